The zero-order valence-corrected chi connectivity index (χ0v) is 15.8. The Morgan fingerprint density at radius 3 is 2.64 bits per heavy atom. The largest absolute Gasteiger partial charge is 0.497 e. The predicted molar refractivity (Wildman–Crippen MR) is 96.6 cm³/mol. The highest BCUT2D eigenvalue weighted by atomic mass is 79.9. The highest BCUT2D eigenvalue weighted by Crippen LogP contribution is 2.30. The first-order chi connectivity index (χ1) is 12.0. The molecule has 0 fully saturated rings. The third-order valence-electron chi connectivity index (χ3n) is 3.53. The van der Waals surface area contributed by atoms with Crippen LogP contribution in [-0.2, 0) is 11.3 Å². The summed E-state index contributed by atoms with van der Waals surface area (Å²) in [6.07, 6.45) is 1.71. The quantitative estimate of drug-likeness (QED) is 0.575. The normalized spacial score (nSPS) is 10.7. The van der Waals surface area contributed by atoms with Gasteiger partial charge in [0.2, 0.25) is 0 Å². The van der Waals surface area contributed by atoms with Gasteiger partial charge in [0, 0.05) is 10.7 Å². The van der Waals surface area contributed by atoms with Crippen LogP contribution >= 0.6 is 27.5 Å². The van der Waals surface area contributed by atoms with Gasteiger partial charge in [-0.25, -0.2) is 9.78 Å². The summed E-state index contributed by atoms with van der Waals surface area (Å²) in [5.41, 5.74) is 1.43. The number of nitrogens with zero attached hydrogens (tertiary/aromatic N) is 2. The number of halogens is 2. The number of methoxy groups -OCH3 is 2. The summed E-state index contributed by atoms with van der Waals surface area (Å²) in [7, 11) is 2.89. The number of pyridine rings is 1. The number of carbonyl (C=O) groups excluding carboxylic acids is 1. The summed E-state index contributed by atoms with van der Waals surface area (Å²) >= 11 is 9.64. The zero-order valence-electron chi connectivity index (χ0n) is 13.5. The number of hydrogen-bond donors (Lipinski definition) is 0. The first kappa shape index (κ1) is 17.6. The highest BCUT2D eigenvalue weighted by Gasteiger charge is 2.21. The molecular weight excluding hydrogens is 412 g/mol. The van der Waals surface area contributed by atoms with Crippen LogP contribution in [0.4, 0.5) is 0 Å². The van der Waals surface area contributed by atoms with E-state index in [2.05, 4.69) is 20.9 Å². The standard InChI is InChI=1S/C17H14BrClN2O4/c1-23-12-5-3-10(4-6-12)9-25-13-7-11(18)8-21-15(19)14(17(22)24-2)20-16(13)21/h3-8H,9H2,1-2H3. The van der Waals surface area contributed by atoms with Crippen molar-refractivity contribution < 1.29 is 19.0 Å². The lowest BCUT2D eigenvalue weighted by molar-refractivity contribution is 0.0595. The van der Waals surface area contributed by atoms with Gasteiger partial charge in [0.05, 0.1) is 14.2 Å². The van der Waals surface area contributed by atoms with E-state index in [0.29, 0.717) is 18.0 Å². The number of imidazole rings is 1. The number of esters is 1. The Hall–Kier alpha value is -2.25. The van der Waals surface area contributed by atoms with E-state index in [1.165, 1.54) is 7.11 Å². The average molecular weight is 426 g/mol. The van der Waals surface area contributed by atoms with Crippen molar-refractivity contribution in [3.63, 3.8) is 0 Å². The van der Waals surface area contributed by atoms with Gasteiger partial charge >= 0.3 is 5.97 Å². The highest BCUT2D eigenvalue weighted by molar-refractivity contribution is 9.10. The molecule has 0 N–H and O–H groups in total. The van der Waals surface area contributed by atoms with Crippen LogP contribution in [0.1, 0.15) is 16.1 Å². The lowest BCUT2D eigenvalue weighted by atomic mass is 10.2. The fourth-order valence-electron chi connectivity index (χ4n) is 2.27. The maximum atomic E-state index is 11.8. The van der Waals surface area contributed by atoms with Gasteiger partial charge in [-0.05, 0) is 39.7 Å². The number of hydrogen-bond acceptors (Lipinski definition) is 5. The van der Waals surface area contributed by atoms with Gasteiger partial charge in [-0.3, -0.25) is 4.40 Å². The van der Waals surface area contributed by atoms with Crippen LogP contribution in [-0.4, -0.2) is 29.6 Å². The number of aromatic nitrogens is 2. The van der Waals surface area contributed by atoms with E-state index < -0.39 is 5.97 Å². The summed E-state index contributed by atoms with van der Waals surface area (Å²) in [5.74, 6) is 0.657. The van der Waals surface area contributed by atoms with Gasteiger partial charge in [0.25, 0.3) is 0 Å². The van der Waals surface area contributed by atoms with Crippen molar-refractivity contribution in [1.82, 2.24) is 9.38 Å². The van der Waals surface area contributed by atoms with Crippen LogP contribution in [0, 0.1) is 0 Å². The Kier molecular flexibility index (Phi) is 5.15. The Balaban J connectivity index is 1.93. The molecule has 0 aliphatic heterocycles. The second-order valence-corrected chi connectivity index (χ2v) is 6.37. The van der Waals surface area contributed by atoms with Crippen LogP contribution in [0.2, 0.25) is 5.15 Å². The summed E-state index contributed by atoms with van der Waals surface area (Å²) in [6, 6.07) is 9.30. The first-order valence-corrected chi connectivity index (χ1v) is 8.41. The third-order valence-corrected chi connectivity index (χ3v) is 4.32. The van der Waals surface area contributed by atoms with Crippen molar-refractivity contribution in [3.8, 4) is 11.5 Å². The number of ether oxygens (including phenoxy) is 3. The second-order valence-electron chi connectivity index (χ2n) is 5.10. The number of rotatable bonds is 5. The zero-order chi connectivity index (χ0) is 18.0. The first-order valence-electron chi connectivity index (χ1n) is 7.24. The van der Waals surface area contributed by atoms with Crippen LogP contribution in [0.15, 0.2) is 41.0 Å². The van der Waals surface area contributed by atoms with Gasteiger partial charge in [0.15, 0.2) is 17.1 Å². The molecule has 0 spiro atoms. The molecule has 0 atom stereocenters. The average Bonchev–Trinajstić information content (AvgIpc) is 2.96. The van der Waals surface area contributed by atoms with Gasteiger partial charge in [-0.1, -0.05) is 23.7 Å². The lowest BCUT2D eigenvalue weighted by Crippen LogP contribution is -2.02. The summed E-state index contributed by atoms with van der Waals surface area (Å²) in [4.78, 5) is 16.0. The van der Waals surface area contributed by atoms with E-state index in [0.717, 1.165) is 15.8 Å². The Morgan fingerprint density at radius 2 is 2.00 bits per heavy atom. The van der Waals surface area contributed by atoms with E-state index in [-0.39, 0.29) is 10.8 Å². The van der Waals surface area contributed by atoms with Crippen molar-refractivity contribution in [1.29, 1.82) is 0 Å². The van der Waals surface area contributed by atoms with Crippen LogP contribution in [0.25, 0.3) is 5.65 Å². The van der Waals surface area contributed by atoms with Crippen molar-refractivity contribution in [2.75, 3.05) is 14.2 Å². The lowest BCUT2D eigenvalue weighted by Gasteiger charge is -2.09. The van der Waals surface area contributed by atoms with Crippen LogP contribution in [0.3, 0.4) is 0 Å². The Bertz CT molecular complexity index is 925. The van der Waals surface area contributed by atoms with Gasteiger partial charge in [-0.2, -0.15) is 0 Å². The summed E-state index contributed by atoms with van der Waals surface area (Å²) in [5, 5.41) is 0.164. The number of fused-ring (bicyclic) bond motifs is 1. The minimum atomic E-state index is -0.606. The maximum Gasteiger partial charge on any atom is 0.359 e. The smallest absolute Gasteiger partial charge is 0.359 e. The van der Waals surface area contributed by atoms with E-state index >= 15 is 0 Å². The molecule has 0 unspecified atom stereocenters. The minimum absolute atomic E-state index is 0.0385. The maximum absolute atomic E-state index is 11.8. The molecule has 0 saturated heterocycles. The van der Waals surface area contributed by atoms with E-state index in [1.54, 1.807) is 23.8 Å². The molecule has 130 valence electrons. The number of carbonyl (C=O) groups is 1. The third kappa shape index (κ3) is 3.57. The molecule has 2 heterocycles. The topological polar surface area (TPSA) is 62.1 Å². The molecular formula is C17H14BrClN2O4. The summed E-state index contributed by atoms with van der Waals surface area (Å²) in [6.45, 7) is 0.328. The van der Waals surface area contributed by atoms with Crippen molar-refractivity contribution in [2.45, 2.75) is 6.61 Å². The molecule has 0 amide bonds. The molecule has 0 aliphatic rings. The van der Waals surface area contributed by atoms with E-state index in [4.69, 9.17) is 25.8 Å². The second kappa shape index (κ2) is 7.33. The molecule has 2 aromatic heterocycles. The van der Waals surface area contributed by atoms with E-state index in [9.17, 15) is 4.79 Å². The SMILES string of the molecule is COC(=O)c1nc2c(OCc3ccc(OC)cc3)cc(Br)cn2c1Cl. The van der Waals surface area contributed by atoms with Gasteiger partial charge in [-0.15, -0.1) is 0 Å². The molecule has 0 aliphatic carbocycles. The molecule has 0 saturated carbocycles. The Labute approximate surface area is 157 Å². The molecule has 25 heavy (non-hydrogen) atoms. The Morgan fingerprint density at radius 1 is 1.28 bits per heavy atom. The summed E-state index contributed by atoms with van der Waals surface area (Å²) < 4.78 is 18.0. The van der Waals surface area contributed by atoms with Crippen LogP contribution < -0.4 is 9.47 Å². The molecule has 3 rings (SSSR count). The molecule has 8 heteroatoms. The van der Waals surface area contributed by atoms with Crippen molar-refractivity contribution in [3.05, 3.63) is 57.4 Å². The predicted octanol–water partition coefficient (Wildman–Crippen LogP) is 4.12. The van der Waals surface area contributed by atoms with Crippen molar-refractivity contribution >= 4 is 39.1 Å². The molecule has 6 nitrogen and oxygen atoms in total. The molecule has 0 radical (unpaired) electrons. The van der Waals surface area contributed by atoms with Gasteiger partial charge in [0.1, 0.15) is 17.5 Å². The fourth-order valence-corrected chi connectivity index (χ4v) is 2.93. The monoisotopic (exact) mass is 424 g/mol. The van der Waals surface area contributed by atoms with E-state index in [1.807, 2.05) is 24.3 Å². The van der Waals surface area contributed by atoms with Crippen molar-refractivity contribution in [2.24, 2.45) is 0 Å². The van der Waals surface area contributed by atoms with Gasteiger partial charge < -0.3 is 14.2 Å². The minimum Gasteiger partial charge on any atom is -0.497 e. The number of benzene rings is 1. The fraction of sp³-hybridized carbons (Fsp3) is 0.176. The molecule has 3 aromatic rings. The molecule has 0 bridgehead atoms. The molecule has 1 aromatic carbocycles. The van der Waals surface area contributed by atoms with Crippen LogP contribution in [0.5, 0.6) is 11.5 Å².